The molecular weight excluding hydrogens is 378 g/mol. The van der Waals surface area contributed by atoms with Gasteiger partial charge in [0.15, 0.2) is 0 Å². The molecule has 138 valence electrons. The molecule has 0 bridgehead atoms. The maximum absolute atomic E-state index is 12.5. The first-order chi connectivity index (χ1) is 13.2. The van der Waals surface area contributed by atoms with Crippen molar-refractivity contribution in [2.75, 3.05) is 19.8 Å². The molecule has 1 aliphatic heterocycles. The third-order valence-corrected chi connectivity index (χ3v) is 5.12. The molecule has 4 nitrogen and oxygen atoms in total. The molecule has 27 heavy (non-hydrogen) atoms. The van der Waals surface area contributed by atoms with Crippen LogP contribution in [0.25, 0.3) is 6.08 Å². The largest absolute Gasteiger partial charge is 0.490 e. The Hall–Kier alpha value is -2.57. The Bertz CT molecular complexity index is 865. The van der Waals surface area contributed by atoms with Crippen LogP contribution in [0.4, 0.5) is 0 Å². The molecule has 1 amide bonds. The molecule has 0 spiro atoms. The van der Waals surface area contributed by atoms with E-state index in [1.165, 1.54) is 16.7 Å². The molecule has 0 saturated carbocycles. The number of hydrogen-bond acceptors (Lipinski definition) is 5. The molecule has 3 rings (SSSR count). The Morgan fingerprint density at radius 3 is 2.52 bits per heavy atom. The Morgan fingerprint density at radius 2 is 1.74 bits per heavy atom. The van der Waals surface area contributed by atoms with E-state index in [9.17, 15) is 4.79 Å². The number of thioether (sulfide) groups is 1. The van der Waals surface area contributed by atoms with E-state index in [-0.39, 0.29) is 5.91 Å². The molecule has 0 aliphatic carbocycles. The standard InChI is InChI=1S/C21H19NO3S2/c1-2-12-22-20(23)19(27-21(22)26)15-16-8-6-7-11-18(16)25-14-13-24-17-9-4-3-5-10-17/h2-11,15H,1,12-14H2/b19-15+. The lowest BCUT2D eigenvalue weighted by Crippen LogP contribution is -2.27. The summed E-state index contributed by atoms with van der Waals surface area (Å²) in [6.07, 6.45) is 3.48. The molecule has 0 radical (unpaired) electrons. The van der Waals surface area contributed by atoms with Crippen molar-refractivity contribution in [3.8, 4) is 11.5 Å². The van der Waals surface area contributed by atoms with E-state index in [4.69, 9.17) is 21.7 Å². The van der Waals surface area contributed by atoms with Crippen LogP contribution < -0.4 is 9.47 Å². The molecule has 0 aromatic heterocycles. The first-order valence-corrected chi connectivity index (χ1v) is 9.67. The highest BCUT2D eigenvalue weighted by atomic mass is 32.2. The zero-order valence-corrected chi connectivity index (χ0v) is 16.3. The topological polar surface area (TPSA) is 38.8 Å². The van der Waals surface area contributed by atoms with Crippen molar-refractivity contribution >= 4 is 40.3 Å². The summed E-state index contributed by atoms with van der Waals surface area (Å²) >= 11 is 6.56. The summed E-state index contributed by atoms with van der Waals surface area (Å²) in [4.78, 5) is 14.6. The van der Waals surface area contributed by atoms with Gasteiger partial charge in [0.1, 0.15) is 29.0 Å². The monoisotopic (exact) mass is 397 g/mol. The minimum atomic E-state index is -0.105. The molecule has 2 aromatic carbocycles. The van der Waals surface area contributed by atoms with Gasteiger partial charge in [-0.15, -0.1) is 6.58 Å². The van der Waals surface area contributed by atoms with Crippen LogP contribution in [0.3, 0.4) is 0 Å². The van der Waals surface area contributed by atoms with Gasteiger partial charge < -0.3 is 9.47 Å². The molecule has 2 aromatic rings. The van der Waals surface area contributed by atoms with E-state index in [0.717, 1.165) is 11.3 Å². The number of thiocarbonyl (C=S) groups is 1. The van der Waals surface area contributed by atoms with Crippen molar-refractivity contribution in [3.05, 3.63) is 77.7 Å². The molecule has 1 saturated heterocycles. The van der Waals surface area contributed by atoms with Crippen LogP contribution in [0.2, 0.25) is 0 Å². The van der Waals surface area contributed by atoms with Gasteiger partial charge in [-0.05, 0) is 24.3 Å². The van der Waals surface area contributed by atoms with Crippen LogP contribution in [0, 0.1) is 0 Å². The van der Waals surface area contributed by atoms with E-state index >= 15 is 0 Å². The molecule has 1 fully saturated rings. The van der Waals surface area contributed by atoms with Crippen LogP contribution in [0.15, 0.2) is 72.2 Å². The van der Waals surface area contributed by atoms with Gasteiger partial charge in [-0.2, -0.15) is 0 Å². The van der Waals surface area contributed by atoms with Crippen molar-refractivity contribution in [1.29, 1.82) is 0 Å². The van der Waals surface area contributed by atoms with Gasteiger partial charge in [-0.25, -0.2) is 0 Å². The smallest absolute Gasteiger partial charge is 0.266 e. The minimum absolute atomic E-state index is 0.105. The molecule has 0 N–H and O–H groups in total. The number of ether oxygens (including phenoxy) is 2. The predicted octanol–water partition coefficient (Wildman–Crippen LogP) is 4.53. The van der Waals surface area contributed by atoms with Gasteiger partial charge >= 0.3 is 0 Å². The number of nitrogens with zero attached hydrogens (tertiary/aromatic N) is 1. The average molecular weight is 398 g/mol. The van der Waals surface area contributed by atoms with Crippen LogP contribution in [-0.2, 0) is 4.79 Å². The molecule has 1 heterocycles. The maximum Gasteiger partial charge on any atom is 0.266 e. The summed E-state index contributed by atoms with van der Waals surface area (Å²) in [6.45, 7) is 4.91. The number of rotatable bonds is 8. The van der Waals surface area contributed by atoms with Crippen molar-refractivity contribution in [2.24, 2.45) is 0 Å². The number of carbonyl (C=O) groups excluding carboxylic acids is 1. The molecule has 6 heteroatoms. The van der Waals surface area contributed by atoms with Crippen LogP contribution in [-0.4, -0.2) is 34.9 Å². The van der Waals surface area contributed by atoms with E-state index < -0.39 is 0 Å². The molecular formula is C21H19NO3S2. The van der Waals surface area contributed by atoms with Crippen molar-refractivity contribution < 1.29 is 14.3 Å². The van der Waals surface area contributed by atoms with E-state index in [1.54, 1.807) is 6.08 Å². The summed E-state index contributed by atoms with van der Waals surface area (Å²) in [5.74, 6) is 1.40. The zero-order chi connectivity index (χ0) is 19.1. The van der Waals surface area contributed by atoms with Gasteiger partial charge in [-0.3, -0.25) is 9.69 Å². The quantitative estimate of drug-likeness (QED) is 0.283. The second kappa shape index (κ2) is 9.39. The van der Waals surface area contributed by atoms with Gasteiger partial charge in [0.2, 0.25) is 0 Å². The van der Waals surface area contributed by atoms with Crippen molar-refractivity contribution in [2.45, 2.75) is 0 Å². The Balaban J connectivity index is 1.65. The fourth-order valence-corrected chi connectivity index (χ4v) is 3.75. The van der Waals surface area contributed by atoms with Crippen molar-refractivity contribution in [1.82, 2.24) is 4.90 Å². The minimum Gasteiger partial charge on any atom is -0.490 e. The highest BCUT2D eigenvalue weighted by Crippen LogP contribution is 2.34. The number of benzene rings is 2. The molecule has 1 aliphatic rings. The van der Waals surface area contributed by atoms with Crippen LogP contribution >= 0.6 is 24.0 Å². The van der Waals surface area contributed by atoms with E-state index in [0.29, 0.717) is 34.7 Å². The van der Waals surface area contributed by atoms with E-state index in [1.807, 2.05) is 60.7 Å². The number of amides is 1. The summed E-state index contributed by atoms with van der Waals surface area (Å²) < 4.78 is 12.0. The number of hydrogen-bond donors (Lipinski definition) is 0. The highest BCUT2D eigenvalue weighted by molar-refractivity contribution is 8.26. The highest BCUT2D eigenvalue weighted by Gasteiger charge is 2.31. The van der Waals surface area contributed by atoms with Crippen LogP contribution in [0.5, 0.6) is 11.5 Å². The van der Waals surface area contributed by atoms with Gasteiger partial charge in [0.05, 0.1) is 4.91 Å². The maximum atomic E-state index is 12.5. The summed E-state index contributed by atoms with van der Waals surface area (Å²) in [5.41, 5.74) is 0.830. The van der Waals surface area contributed by atoms with Crippen molar-refractivity contribution in [3.63, 3.8) is 0 Å². The summed E-state index contributed by atoms with van der Waals surface area (Å²) in [7, 11) is 0. The molecule has 0 unspecified atom stereocenters. The second-order valence-corrected chi connectivity index (χ2v) is 7.30. The van der Waals surface area contributed by atoms with Crippen LogP contribution in [0.1, 0.15) is 5.56 Å². The lowest BCUT2D eigenvalue weighted by molar-refractivity contribution is -0.121. The Morgan fingerprint density at radius 1 is 1.04 bits per heavy atom. The second-order valence-electron chi connectivity index (χ2n) is 5.63. The van der Waals surface area contributed by atoms with Gasteiger partial charge in [0.25, 0.3) is 5.91 Å². The molecule has 0 atom stereocenters. The SMILES string of the molecule is C=CCN1C(=O)/C(=C\c2ccccc2OCCOc2ccccc2)SC1=S. The summed E-state index contributed by atoms with van der Waals surface area (Å²) in [5, 5.41) is 0. The normalized spacial score (nSPS) is 15.3. The fraction of sp³-hybridized carbons (Fsp3) is 0.143. The predicted molar refractivity (Wildman–Crippen MR) is 114 cm³/mol. The summed E-state index contributed by atoms with van der Waals surface area (Å²) in [6, 6.07) is 17.2. The first kappa shape index (κ1) is 19.2. The zero-order valence-electron chi connectivity index (χ0n) is 14.7. The lowest BCUT2D eigenvalue weighted by atomic mass is 10.2. The van der Waals surface area contributed by atoms with E-state index in [2.05, 4.69) is 6.58 Å². The number of carbonyl (C=O) groups is 1. The lowest BCUT2D eigenvalue weighted by Gasteiger charge is -2.11. The Kier molecular flexibility index (Phi) is 6.68. The third-order valence-electron chi connectivity index (χ3n) is 3.74. The fourth-order valence-electron chi connectivity index (χ4n) is 2.49. The van der Waals surface area contributed by atoms with Gasteiger partial charge in [-0.1, -0.05) is 66.5 Å². The first-order valence-electron chi connectivity index (χ1n) is 8.45. The average Bonchev–Trinajstić information content (AvgIpc) is 2.95. The number of para-hydroxylation sites is 2. The third kappa shape index (κ3) is 4.99. The Labute approximate surface area is 168 Å². The van der Waals surface area contributed by atoms with Gasteiger partial charge in [0, 0.05) is 12.1 Å².